The van der Waals surface area contributed by atoms with E-state index in [1.807, 2.05) is 48.5 Å². The summed E-state index contributed by atoms with van der Waals surface area (Å²) in [5.74, 6) is 1.78. The molecule has 0 aromatic heterocycles. The minimum Gasteiger partial charge on any atom is -0.494 e. The van der Waals surface area contributed by atoms with E-state index in [9.17, 15) is 0 Å². The predicted molar refractivity (Wildman–Crippen MR) is 109 cm³/mol. The van der Waals surface area contributed by atoms with Gasteiger partial charge in [0.15, 0.2) is 0 Å². The van der Waals surface area contributed by atoms with Crippen molar-refractivity contribution >= 4 is 12.4 Å². The highest BCUT2D eigenvalue weighted by Gasteiger charge is 1.95. The van der Waals surface area contributed by atoms with E-state index in [1.165, 1.54) is 0 Å². The molecule has 0 bridgehead atoms. The molecule has 0 radical (unpaired) electrons. The molecule has 0 spiro atoms. The molecule has 0 amide bonds. The third kappa shape index (κ3) is 7.51. The second kappa shape index (κ2) is 11.9. The van der Waals surface area contributed by atoms with Crippen molar-refractivity contribution in [3.8, 4) is 11.5 Å². The highest BCUT2D eigenvalue weighted by molar-refractivity contribution is 5.82. The van der Waals surface area contributed by atoms with Crippen LogP contribution in [0.25, 0.3) is 0 Å². The Morgan fingerprint density at radius 2 is 1.04 bits per heavy atom. The average Bonchev–Trinajstić information content (AvgIpc) is 2.68. The van der Waals surface area contributed by atoms with Crippen molar-refractivity contribution in [1.82, 2.24) is 0 Å². The van der Waals surface area contributed by atoms with E-state index in [1.54, 1.807) is 12.4 Å². The molecule has 4 nitrogen and oxygen atoms in total. The van der Waals surface area contributed by atoms with Crippen molar-refractivity contribution in [2.45, 2.75) is 39.5 Å². The summed E-state index contributed by atoms with van der Waals surface area (Å²) in [5, 5.41) is 8.19. The van der Waals surface area contributed by atoms with Gasteiger partial charge >= 0.3 is 0 Å². The SMILES string of the molecule is CCCCOc1ccc(C=NN=Cc2ccc(OCCCC)cc2)cc1. The summed E-state index contributed by atoms with van der Waals surface area (Å²) < 4.78 is 11.3. The molecule has 26 heavy (non-hydrogen) atoms. The van der Waals surface area contributed by atoms with Crippen molar-refractivity contribution < 1.29 is 9.47 Å². The number of hydrogen-bond donors (Lipinski definition) is 0. The standard InChI is InChI=1S/C22H28N2O2/c1-3-5-15-25-21-11-7-19(8-12-21)17-23-24-18-20-9-13-22(14-10-20)26-16-6-4-2/h7-14,17-18H,3-6,15-16H2,1-2H3. The van der Waals surface area contributed by atoms with Gasteiger partial charge in [-0.1, -0.05) is 26.7 Å². The number of nitrogens with zero attached hydrogens (tertiary/aromatic N) is 2. The fourth-order valence-electron chi connectivity index (χ4n) is 2.17. The molecular weight excluding hydrogens is 324 g/mol. The number of rotatable bonds is 11. The minimum absolute atomic E-state index is 0.761. The Kier molecular flexibility index (Phi) is 8.98. The van der Waals surface area contributed by atoms with Crippen molar-refractivity contribution in [3.05, 3.63) is 59.7 Å². The summed E-state index contributed by atoms with van der Waals surface area (Å²) in [4.78, 5) is 0. The zero-order chi connectivity index (χ0) is 18.5. The Morgan fingerprint density at radius 3 is 1.38 bits per heavy atom. The summed E-state index contributed by atoms with van der Waals surface area (Å²) in [5.41, 5.74) is 1.98. The molecule has 0 saturated carbocycles. The molecule has 0 atom stereocenters. The maximum Gasteiger partial charge on any atom is 0.119 e. The maximum absolute atomic E-state index is 5.64. The van der Waals surface area contributed by atoms with Crippen LogP contribution in [0.2, 0.25) is 0 Å². The zero-order valence-electron chi connectivity index (χ0n) is 15.7. The number of unbranched alkanes of at least 4 members (excludes halogenated alkanes) is 2. The molecule has 0 N–H and O–H groups in total. The molecule has 4 heteroatoms. The largest absolute Gasteiger partial charge is 0.494 e. The molecule has 0 unspecified atom stereocenters. The predicted octanol–water partition coefficient (Wildman–Crippen LogP) is 5.50. The first-order valence-electron chi connectivity index (χ1n) is 9.34. The van der Waals surface area contributed by atoms with Gasteiger partial charge in [0.05, 0.1) is 25.6 Å². The van der Waals surface area contributed by atoms with Gasteiger partial charge in [-0.3, -0.25) is 0 Å². The summed E-state index contributed by atoms with van der Waals surface area (Å²) in [6.07, 6.45) is 7.88. The molecule has 0 aliphatic rings. The Morgan fingerprint density at radius 1 is 0.654 bits per heavy atom. The highest BCUT2D eigenvalue weighted by atomic mass is 16.5. The van der Waals surface area contributed by atoms with E-state index in [-0.39, 0.29) is 0 Å². The molecule has 0 saturated heterocycles. The van der Waals surface area contributed by atoms with Crippen molar-refractivity contribution in [1.29, 1.82) is 0 Å². The molecule has 2 aromatic carbocycles. The number of hydrogen-bond acceptors (Lipinski definition) is 4. The van der Waals surface area contributed by atoms with Crippen LogP contribution in [0.15, 0.2) is 58.7 Å². The van der Waals surface area contributed by atoms with Crippen LogP contribution >= 0.6 is 0 Å². The third-order valence-electron chi connectivity index (χ3n) is 3.77. The van der Waals surface area contributed by atoms with E-state index in [0.717, 1.165) is 61.5 Å². The van der Waals surface area contributed by atoms with Gasteiger partial charge in [-0.15, -0.1) is 0 Å². The fourth-order valence-corrected chi connectivity index (χ4v) is 2.17. The van der Waals surface area contributed by atoms with Gasteiger partial charge in [0.2, 0.25) is 0 Å². The lowest BCUT2D eigenvalue weighted by Gasteiger charge is -2.04. The first kappa shape index (κ1) is 19.7. The van der Waals surface area contributed by atoms with Crippen LogP contribution in [0.5, 0.6) is 11.5 Å². The summed E-state index contributed by atoms with van der Waals surface area (Å²) in [6, 6.07) is 15.7. The monoisotopic (exact) mass is 352 g/mol. The van der Waals surface area contributed by atoms with Gasteiger partial charge in [0.1, 0.15) is 11.5 Å². The Hall–Kier alpha value is -2.62. The van der Waals surface area contributed by atoms with Crippen LogP contribution in [-0.2, 0) is 0 Å². The maximum atomic E-state index is 5.64. The topological polar surface area (TPSA) is 43.2 Å². The van der Waals surface area contributed by atoms with Gasteiger partial charge in [0, 0.05) is 0 Å². The van der Waals surface area contributed by atoms with Gasteiger partial charge in [-0.05, 0) is 72.5 Å². The van der Waals surface area contributed by atoms with E-state index in [4.69, 9.17) is 9.47 Å². The minimum atomic E-state index is 0.761. The van der Waals surface area contributed by atoms with Gasteiger partial charge < -0.3 is 9.47 Å². The second-order valence-electron chi connectivity index (χ2n) is 6.03. The summed E-state index contributed by atoms with van der Waals surface area (Å²) >= 11 is 0. The number of benzene rings is 2. The molecule has 2 aromatic rings. The lowest BCUT2D eigenvalue weighted by molar-refractivity contribution is 0.309. The second-order valence-corrected chi connectivity index (χ2v) is 6.03. The third-order valence-corrected chi connectivity index (χ3v) is 3.77. The number of ether oxygens (including phenoxy) is 2. The normalized spacial score (nSPS) is 11.3. The lowest BCUT2D eigenvalue weighted by Crippen LogP contribution is -1.96. The zero-order valence-corrected chi connectivity index (χ0v) is 15.7. The fraction of sp³-hybridized carbons (Fsp3) is 0.364. The van der Waals surface area contributed by atoms with Crippen molar-refractivity contribution in [2.24, 2.45) is 10.2 Å². The van der Waals surface area contributed by atoms with E-state index in [2.05, 4.69) is 24.1 Å². The van der Waals surface area contributed by atoms with Crippen LogP contribution in [-0.4, -0.2) is 25.6 Å². The quantitative estimate of drug-likeness (QED) is 0.304. The lowest BCUT2D eigenvalue weighted by atomic mass is 10.2. The first-order valence-corrected chi connectivity index (χ1v) is 9.34. The Bertz CT molecular complexity index is 615. The van der Waals surface area contributed by atoms with Gasteiger partial charge in [-0.2, -0.15) is 10.2 Å². The Balaban J connectivity index is 1.79. The van der Waals surface area contributed by atoms with Gasteiger partial charge in [-0.25, -0.2) is 0 Å². The smallest absolute Gasteiger partial charge is 0.119 e. The van der Waals surface area contributed by atoms with Crippen molar-refractivity contribution in [2.75, 3.05) is 13.2 Å². The van der Waals surface area contributed by atoms with Crippen LogP contribution in [0.1, 0.15) is 50.7 Å². The molecule has 2 rings (SSSR count). The highest BCUT2D eigenvalue weighted by Crippen LogP contribution is 2.13. The van der Waals surface area contributed by atoms with E-state index >= 15 is 0 Å². The van der Waals surface area contributed by atoms with Crippen LogP contribution in [0.4, 0.5) is 0 Å². The molecule has 0 fully saturated rings. The Labute approximate surface area is 156 Å². The first-order chi connectivity index (χ1) is 12.8. The van der Waals surface area contributed by atoms with Crippen LogP contribution in [0, 0.1) is 0 Å². The molecule has 0 heterocycles. The van der Waals surface area contributed by atoms with E-state index in [0.29, 0.717) is 0 Å². The average molecular weight is 352 g/mol. The van der Waals surface area contributed by atoms with Crippen molar-refractivity contribution in [3.63, 3.8) is 0 Å². The summed E-state index contributed by atoms with van der Waals surface area (Å²) in [6.45, 7) is 5.83. The molecule has 0 aliphatic carbocycles. The van der Waals surface area contributed by atoms with E-state index < -0.39 is 0 Å². The van der Waals surface area contributed by atoms with Crippen LogP contribution in [0.3, 0.4) is 0 Å². The van der Waals surface area contributed by atoms with Gasteiger partial charge in [0.25, 0.3) is 0 Å². The molecule has 0 aliphatic heterocycles. The molecular formula is C22H28N2O2. The van der Waals surface area contributed by atoms with Crippen LogP contribution < -0.4 is 9.47 Å². The molecule has 138 valence electrons. The summed E-state index contributed by atoms with van der Waals surface area (Å²) in [7, 11) is 0.